The van der Waals surface area contributed by atoms with E-state index in [4.69, 9.17) is 5.11 Å². The van der Waals surface area contributed by atoms with E-state index in [-0.39, 0.29) is 5.69 Å². The normalized spacial score (nSPS) is 10.5. The molecule has 0 aliphatic heterocycles. The van der Waals surface area contributed by atoms with Gasteiger partial charge in [-0.15, -0.1) is 11.3 Å². The van der Waals surface area contributed by atoms with Crippen molar-refractivity contribution >= 4 is 33.8 Å². The Kier molecular flexibility index (Phi) is 1.66. The van der Waals surface area contributed by atoms with Gasteiger partial charge in [0.1, 0.15) is 10.5 Å². The maximum Gasteiger partial charge on any atom is 0.352 e. The molecule has 0 atom stereocenters. The summed E-state index contributed by atoms with van der Waals surface area (Å²) in [6.45, 7) is 0. The third-order valence-corrected chi connectivity index (χ3v) is 2.68. The molecule has 0 saturated carbocycles. The van der Waals surface area contributed by atoms with Crippen molar-refractivity contribution in [3.8, 4) is 0 Å². The topological polar surface area (TPSA) is 70.2 Å². The first kappa shape index (κ1) is 8.00. The summed E-state index contributed by atoms with van der Waals surface area (Å²) in [6.07, 6.45) is 0.721. The van der Waals surface area contributed by atoms with E-state index < -0.39 is 5.97 Å². The van der Waals surface area contributed by atoms with Crippen LogP contribution in [0.25, 0.3) is 10.2 Å². The molecule has 0 radical (unpaired) electrons. The van der Waals surface area contributed by atoms with Crippen LogP contribution in [-0.4, -0.2) is 22.3 Å². The van der Waals surface area contributed by atoms with E-state index in [1.165, 1.54) is 17.4 Å². The summed E-state index contributed by atoms with van der Waals surface area (Å²) in [4.78, 5) is 24.5. The summed E-state index contributed by atoms with van der Waals surface area (Å²) in [5.74, 6) is -1.01. The summed E-state index contributed by atoms with van der Waals surface area (Å²) in [7, 11) is 0. The molecule has 4 nitrogen and oxygen atoms in total. The zero-order chi connectivity index (χ0) is 9.42. The van der Waals surface area contributed by atoms with E-state index in [1.807, 2.05) is 0 Å². The Hall–Kier alpha value is -1.62. The van der Waals surface area contributed by atoms with Gasteiger partial charge in [0.15, 0.2) is 6.29 Å². The molecule has 0 unspecified atom stereocenters. The van der Waals surface area contributed by atoms with Crippen LogP contribution in [0.1, 0.15) is 20.8 Å². The lowest BCUT2D eigenvalue weighted by Crippen LogP contribution is -1.94. The number of hydrogen-bond acceptors (Lipinski definition) is 3. The molecule has 66 valence electrons. The molecule has 2 N–H and O–H groups in total. The second-order valence-electron chi connectivity index (χ2n) is 2.54. The van der Waals surface area contributed by atoms with Gasteiger partial charge in [0.2, 0.25) is 0 Å². The molecule has 0 amide bonds. The van der Waals surface area contributed by atoms with E-state index in [9.17, 15) is 9.59 Å². The Morgan fingerprint density at radius 2 is 2.38 bits per heavy atom. The summed E-state index contributed by atoms with van der Waals surface area (Å²) in [5, 5.41) is 11.0. The average Bonchev–Trinajstić information content (AvgIpc) is 2.60. The van der Waals surface area contributed by atoms with Gasteiger partial charge in [0.05, 0.1) is 0 Å². The number of thiophene rings is 1. The predicted octanol–water partition coefficient (Wildman–Crippen LogP) is 1.74. The van der Waals surface area contributed by atoms with Crippen LogP contribution in [0.15, 0.2) is 11.4 Å². The monoisotopic (exact) mass is 195 g/mol. The zero-order valence-corrected chi connectivity index (χ0v) is 7.22. The Bertz CT molecular complexity index is 483. The van der Waals surface area contributed by atoms with Crippen molar-refractivity contribution in [2.45, 2.75) is 0 Å². The van der Waals surface area contributed by atoms with Crippen molar-refractivity contribution in [2.75, 3.05) is 0 Å². The number of rotatable bonds is 2. The van der Waals surface area contributed by atoms with Gasteiger partial charge >= 0.3 is 5.97 Å². The van der Waals surface area contributed by atoms with Crippen molar-refractivity contribution in [1.82, 2.24) is 4.98 Å². The molecule has 0 bridgehead atoms. The Morgan fingerprint density at radius 3 is 3.00 bits per heavy atom. The van der Waals surface area contributed by atoms with Gasteiger partial charge in [-0.05, 0) is 6.07 Å². The molecule has 0 saturated heterocycles. The molecule has 2 aromatic heterocycles. The number of carbonyl (C=O) groups is 2. The smallest absolute Gasteiger partial charge is 0.352 e. The summed E-state index contributed by atoms with van der Waals surface area (Å²) in [6, 6.07) is 1.47. The predicted molar refractivity (Wildman–Crippen MR) is 48.5 cm³/mol. The van der Waals surface area contributed by atoms with Gasteiger partial charge < -0.3 is 10.1 Å². The van der Waals surface area contributed by atoms with E-state index >= 15 is 0 Å². The standard InChI is InChI=1S/C8H5NO3S/c10-2-4-3-13-7-5(4)1-6(9-7)8(11)12/h1-3,9H,(H,11,12). The minimum atomic E-state index is -1.01. The fourth-order valence-electron chi connectivity index (χ4n) is 1.14. The van der Waals surface area contributed by atoms with Crippen molar-refractivity contribution in [3.63, 3.8) is 0 Å². The summed E-state index contributed by atoms with van der Waals surface area (Å²) < 4.78 is 0. The number of fused-ring (bicyclic) bond motifs is 1. The van der Waals surface area contributed by atoms with Crippen LogP contribution < -0.4 is 0 Å². The molecule has 0 aromatic carbocycles. The highest BCUT2D eigenvalue weighted by molar-refractivity contribution is 7.17. The third kappa shape index (κ3) is 1.13. The summed E-state index contributed by atoms with van der Waals surface area (Å²) in [5.41, 5.74) is 0.647. The lowest BCUT2D eigenvalue weighted by atomic mass is 10.2. The number of aldehydes is 1. The lowest BCUT2D eigenvalue weighted by Gasteiger charge is -1.83. The Labute approximate surface area is 76.8 Å². The molecular weight excluding hydrogens is 190 g/mol. The van der Waals surface area contributed by atoms with Crippen molar-refractivity contribution in [1.29, 1.82) is 0 Å². The number of H-pyrrole nitrogens is 1. The number of aromatic carboxylic acids is 1. The van der Waals surface area contributed by atoms with Crippen molar-refractivity contribution in [3.05, 3.63) is 22.7 Å². The molecule has 0 spiro atoms. The van der Waals surface area contributed by atoms with Crippen molar-refractivity contribution in [2.24, 2.45) is 0 Å². The van der Waals surface area contributed by atoms with Crippen molar-refractivity contribution < 1.29 is 14.7 Å². The van der Waals surface area contributed by atoms with E-state index in [1.54, 1.807) is 5.38 Å². The second-order valence-corrected chi connectivity index (χ2v) is 3.42. The maximum atomic E-state index is 10.6. The van der Waals surface area contributed by atoms with E-state index in [2.05, 4.69) is 4.98 Å². The fraction of sp³-hybridized carbons (Fsp3) is 0. The minimum absolute atomic E-state index is 0.116. The second kappa shape index (κ2) is 2.70. The number of aromatic nitrogens is 1. The van der Waals surface area contributed by atoms with E-state index in [0.29, 0.717) is 10.9 Å². The largest absolute Gasteiger partial charge is 0.477 e. The summed E-state index contributed by atoms with van der Waals surface area (Å²) >= 11 is 1.33. The van der Waals surface area contributed by atoms with Crippen LogP contribution in [0.5, 0.6) is 0 Å². The molecule has 2 aromatic rings. The molecule has 2 heterocycles. The number of aromatic amines is 1. The average molecular weight is 195 g/mol. The van der Waals surface area contributed by atoms with Crippen LogP contribution in [0.2, 0.25) is 0 Å². The van der Waals surface area contributed by atoms with E-state index in [0.717, 1.165) is 11.1 Å². The Morgan fingerprint density at radius 1 is 1.62 bits per heavy atom. The highest BCUT2D eigenvalue weighted by atomic mass is 32.1. The van der Waals surface area contributed by atoms with Crippen LogP contribution >= 0.6 is 11.3 Å². The van der Waals surface area contributed by atoms with Crippen LogP contribution in [0.4, 0.5) is 0 Å². The SMILES string of the molecule is O=Cc1csc2[nH]c(C(=O)O)cc12. The molecule has 5 heteroatoms. The molecule has 2 rings (SSSR count). The van der Waals surface area contributed by atoms with Crippen LogP contribution in [0.3, 0.4) is 0 Å². The molecule has 0 aliphatic carbocycles. The molecule has 13 heavy (non-hydrogen) atoms. The minimum Gasteiger partial charge on any atom is -0.477 e. The molecule has 0 aliphatic rings. The quantitative estimate of drug-likeness (QED) is 0.717. The number of nitrogens with one attached hydrogen (secondary N) is 1. The number of carbonyl (C=O) groups excluding carboxylic acids is 1. The first-order chi connectivity index (χ1) is 6.22. The fourth-order valence-corrected chi connectivity index (χ4v) is 2.04. The molecule has 0 fully saturated rings. The Balaban J connectivity index is 2.69. The highest BCUT2D eigenvalue weighted by Gasteiger charge is 2.11. The number of carboxylic acid groups (broad SMARTS) is 1. The van der Waals surface area contributed by atoms with Gasteiger partial charge in [-0.25, -0.2) is 4.79 Å². The first-order valence-electron chi connectivity index (χ1n) is 3.51. The van der Waals surface area contributed by atoms with Gasteiger partial charge in [-0.3, -0.25) is 4.79 Å². The number of carboxylic acids is 1. The number of hydrogen-bond donors (Lipinski definition) is 2. The van der Waals surface area contributed by atoms with Gasteiger partial charge in [0, 0.05) is 16.3 Å². The zero-order valence-electron chi connectivity index (χ0n) is 6.40. The van der Waals surface area contributed by atoms with Gasteiger partial charge in [0.25, 0.3) is 0 Å². The highest BCUT2D eigenvalue weighted by Crippen LogP contribution is 2.25. The maximum absolute atomic E-state index is 10.6. The van der Waals surface area contributed by atoms with Crippen LogP contribution in [0, 0.1) is 0 Å². The third-order valence-electron chi connectivity index (χ3n) is 1.75. The van der Waals surface area contributed by atoms with Gasteiger partial charge in [-0.2, -0.15) is 0 Å². The first-order valence-corrected chi connectivity index (χ1v) is 4.39. The lowest BCUT2D eigenvalue weighted by molar-refractivity contribution is 0.0691. The van der Waals surface area contributed by atoms with Crippen LogP contribution in [-0.2, 0) is 0 Å². The van der Waals surface area contributed by atoms with Gasteiger partial charge in [-0.1, -0.05) is 0 Å². The molecular formula is C8H5NO3S.